The second-order valence-electron chi connectivity index (χ2n) is 10.8. The summed E-state index contributed by atoms with van der Waals surface area (Å²) in [4.78, 5) is 50.6. The van der Waals surface area contributed by atoms with E-state index in [-0.39, 0.29) is 36.6 Å². The largest absolute Gasteiger partial charge is 0.489 e. The monoisotopic (exact) mass is 609 g/mol. The molecule has 1 fully saturated rings. The maximum Gasteiger partial charge on any atom is 0.261 e. The highest BCUT2D eigenvalue weighted by molar-refractivity contribution is 6.35. The molecule has 1 aromatic heterocycles. The van der Waals surface area contributed by atoms with Crippen molar-refractivity contribution in [1.82, 2.24) is 14.8 Å². The van der Waals surface area contributed by atoms with Crippen LogP contribution >= 0.6 is 23.2 Å². The quantitative estimate of drug-likeness (QED) is 0.330. The first-order valence-electron chi connectivity index (χ1n) is 13.7. The van der Waals surface area contributed by atoms with Crippen LogP contribution in [-0.4, -0.2) is 82.9 Å². The van der Waals surface area contributed by atoms with Crippen molar-refractivity contribution in [3.05, 3.63) is 85.2 Å². The van der Waals surface area contributed by atoms with Gasteiger partial charge in [0.15, 0.2) is 0 Å². The van der Waals surface area contributed by atoms with Crippen LogP contribution in [0.4, 0.5) is 11.4 Å². The van der Waals surface area contributed by atoms with Crippen molar-refractivity contribution in [2.75, 3.05) is 38.6 Å². The number of rotatable bonds is 8. The minimum absolute atomic E-state index is 0.0402. The summed E-state index contributed by atoms with van der Waals surface area (Å²) in [5.41, 5.74) is 3.05. The van der Waals surface area contributed by atoms with Crippen molar-refractivity contribution in [2.45, 2.75) is 31.4 Å². The predicted octanol–water partition coefficient (Wildman–Crippen LogP) is 3.90. The summed E-state index contributed by atoms with van der Waals surface area (Å²) in [6, 6.07) is 9.81. The van der Waals surface area contributed by atoms with E-state index in [4.69, 9.17) is 32.9 Å². The lowest BCUT2D eigenvalue weighted by Gasteiger charge is -2.33. The molecule has 0 radical (unpaired) electrons. The first-order chi connectivity index (χ1) is 20.2. The van der Waals surface area contributed by atoms with Gasteiger partial charge in [-0.25, -0.2) is 0 Å². The number of carbonyl (C=O) groups is 2. The lowest BCUT2D eigenvalue weighted by molar-refractivity contribution is 0.0516. The zero-order valence-electron chi connectivity index (χ0n) is 22.8. The highest BCUT2D eigenvalue weighted by Gasteiger charge is 2.42. The molecular weight excluding hydrogens is 581 g/mol. The van der Waals surface area contributed by atoms with Gasteiger partial charge in [-0.15, -0.1) is 0 Å². The van der Waals surface area contributed by atoms with E-state index in [2.05, 4.69) is 15.2 Å². The maximum absolute atomic E-state index is 13.3. The lowest BCUT2D eigenvalue weighted by atomic mass is 10.00. The Morgan fingerprint density at radius 1 is 1.10 bits per heavy atom. The van der Waals surface area contributed by atoms with Crippen LogP contribution < -0.4 is 15.6 Å². The van der Waals surface area contributed by atoms with Crippen LogP contribution in [0.1, 0.15) is 44.7 Å². The highest BCUT2D eigenvalue weighted by Crippen LogP contribution is 2.37. The number of nitrogens with one attached hydrogen (secondary N) is 2. The molecule has 3 aliphatic heterocycles. The number of aromatic amines is 1. The standard InChI is InChI=1S/C30H29Cl2N5O5/c1-36-8-5-18(6-9-36)37-29(40)20-10-16-11-25(35-24(16)13-21(20)30(37)41)27-23(4-7-33-28(27)39)34-14-19(38)15-42-26-3-2-17(31)12-22(26)32/h2-4,7,10,12-13,18-19,38H,5-6,8-9,11,14-15H2,1H3,(H2,33,34,39). The second-order valence-corrected chi connectivity index (χ2v) is 11.6. The number of amides is 2. The molecule has 1 unspecified atom stereocenters. The molecule has 2 aromatic carbocycles. The topological polar surface area (TPSA) is 127 Å². The first-order valence-corrected chi connectivity index (χ1v) is 14.5. The van der Waals surface area contributed by atoms with Crippen molar-refractivity contribution in [2.24, 2.45) is 4.99 Å². The minimum Gasteiger partial charge on any atom is -0.489 e. The van der Waals surface area contributed by atoms with E-state index in [1.807, 2.05) is 7.05 Å². The van der Waals surface area contributed by atoms with Gasteiger partial charge in [0.2, 0.25) is 0 Å². The number of hydrogen-bond acceptors (Lipinski definition) is 8. The minimum atomic E-state index is -0.917. The molecule has 10 nitrogen and oxygen atoms in total. The number of pyridine rings is 1. The van der Waals surface area contributed by atoms with Gasteiger partial charge in [0.1, 0.15) is 18.5 Å². The summed E-state index contributed by atoms with van der Waals surface area (Å²) >= 11 is 12.0. The molecule has 0 spiro atoms. The summed E-state index contributed by atoms with van der Waals surface area (Å²) in [7, 11) is 2.04. The number of H-pyrrole nitrogens is 1. The lowest BCUT2D eigenvalue weighted by Crippen LogP contribution is -2.46. The zero-order chi connectivity index (χ0) is 29.5. The van der Waals surface area contributed by atoms with Gasteiger partial charge in [-0.1, -0.05) is 23.2 Å². The number of ether oxygens (including phenoxy) is 1. The van der Waals surface area contributed by atoms with Gasteiger partial charge in [-0.2, -0.15) is 0 Å². The van der Waals surface area contributed by atoms with Crippen LogP contribution in [0.25, 0.3) is 0 Å². The number of piperidine rings is 1. The third kappa shape index (κ3) is 5.43. The fourth-order valence-electron chi connectivity index (χ4n) is 5.66. The van der Waals surface area contributed by atoms with Crippen molar-refractivity contribution in [3.63, 3.8) is 0 Å². The van der Waals surface area contributed by atoms with E-state index in [1.165, 1.54) is 11.1 Å². The number of likely N-dealkylation sites (tertiary alicyclic amines) is 1. The normalized spacial score (nSPS) is 17.7. The smallest absolute Gasteiger partial charge is 0.261 e. The van der Waals surface area contributed by atoms with Crippen LogP contribution in [0.2, 0.25) is 10.0 Å². The summed E-state index contributed by atoms with van der Waals surface area (Å²) in [5, 5.41) is 14.4. The Kier molecular flexibility index (Phi) is 7.80. The number of hydrogen-bond donors (Lipinski definition) is 3. The number of carbonyl (C=O) groups excluding carboxylic acids is 2. The number of aliphatic hydroxyl groups excluding tert-OH is 1. The molecule has 6 rings (SSSR count). The van der Waals surface area contributed by atoms with E-state index >= 15 is 0 Å². The van der Waals surface area contributed by atoms with Crippen LogP contribution in [0, 0.1) is 0 Å². The molecule has 4 heterocycles. The van der Waals surface area contributed by atoms with E-state index in [0.717, 1.165) is 31.5 Å². The molecule has 218 valence electrons. The summed E-state index contributed by atoms with van der Waals surface area (Å²) < 4.78 is 5.61. The number of halogens is 2. The Balaban J connectivity index is 1.17. The van der Waals surface area contributed by atoms with Crippen molar-refractivity contribution in [3.8, 4) is 5.75 Å². The van der Waals surface area contributed by atoms with Crippen LogP contribution in [0.15, 0.2) is 52.4 Å². The summed E-state index contributed by atoms with van der Waals surface area (Å²) in [6.45, 7) is 1.73. The van der Waals surface area contributed by atoms with Gasteiger partial charge in [-0.3, -0.25) is 24.3 Å². The molecule has 12 heteroatoms. The molecular formula is C30H29Cl2N5O5. The Bertz CT molecular complexity index is 1660. The molecule has 3 aliphatic rings. The molecule has 1 atom stereocenters. The Morgan fingerprint density at radius 2 is 1.83 bits per heavy atom. The van der Waals surface area contributed by atoms with Crippen LogP contribution in [0.5, 0.6) is 5.75 Å². The number of aliphatic hydroxyl groups is 1. The zero-order valence-corrected chi connectivity index (χ0v) is 24.3. The van der Waals surface area contributed by atoms with Gasteiger partial charge >= 0.3 is 0 Å². The number of benzene rings is 2. The average molecular weight is 610 g/mol. The van der Waals surface area contributed by atoms with Gasteiger partial charge in [-0.05, 0) is 74.9 Å². The third-order valence-corrected chi connectivity index (χ3v) is 8.42. The molecule has 1 saturated heterocycles. The number of aliphatic imine (C=N–C) groups is 1. The fourth-order valence-corrected chi connectivity index (χ4v) is 6.12. The van der Waals surface area contributed by atoms with Crippen molar-refractivity contribution < 1.29 is 19.4 Å². The third-order valence-electron chi connectivity index (χ3n) is 7.89. The number of fused-ring (bicyclic) bond motifs is 2. The van der Waals surface area contributed by atoms with E-state index in [9.17, 15) is 19.5 Å². The molecule has 0 bridgehead atoms. The van der Waals surface area contributed by atoms with Gasteiger partial charge < -0.3 is 25.0 Å². The molecule has 3 aromatic rings. The second kappa shape index (κ2) is 11.5. The van der Waals surface area contributed by atoms with Gasteiger partial charge in [0.25, 0.3) is 17.4 Å². The number of nitrogens with zero attached hydrogens (tertiary/aromatic N) is 3. The maximum atomic E-state index is 13.3. The SMILES string of the molecule is CN1CCC(N2C(=O)c3cc4c(cc3C2=O)N=C(c2c(NCC(O)COc3ccc(Cl)cc3Cl)cc[nH]c2=O)C4)CC1. The molecule has 0 saturated carbocycles. The summed E-state index contributed by atoms with van der Waals surface area (Å²) in [6.07, 6.45) is 2.43. The molecule has 3 N–H and O–H groups in total. The van der Waals surface area contributed by atoms with Crippen molar-refractivity contribution >= 4 is 52.1 Å². The van der Waals surface area contributed by atoms with E-state index in [1.54, 1.807) is 36.4 Å². The molecule has 2 amide bonds. The highest BCUT2D eigenvalue weighted by atomic mass is 35.5. The molecule has 0 aliphatic carbocycles. The Hall–Kier alpha value is -3.70. The molecule has 42 heavy (non-hydrogen) atoms. The van der Waals surface area contributed by atoms with E-state index in [0.29, 0.717) is 56.0 Å². The van der Waals surface area contributed by atoms with Gasteiger partial charge in [0.05, 0.1) is 38.8 Å². The van der Waals surface area contributed by atoms with Gasteiger partial charge in [0, 0.05) is 30.2 Å². The number of imide groups is 1. The van der Waals surface area contributed by atoms with Crippen molar-refractivity contribution in [1.29, 1.82) is 0 Å². The Morgan fingerprint density at radius 3 is 2.57 bits per heavy atom. The fraction of sp³-hybridized carbons (Fsp3) is 0.333. The predicted molar refractivity (Wildman–Crippen MR) is 161 cm³/mol. The first kappa shape index (κ1) is 28.4. The number of aromatic nitrogens is 1. The number of anilines is 1. The Labute approximate surface area is 251 Å². The summed E-state index contributed by atoms with van der Waals surface area (Å²) in [5.74, 6) is -0.155. The van der Waals surface area contributed by atoms with Crippen LogP contribution in [0.3, 0.4) is 0 Å². The van der Waals surface area contributed by atoms with Crippen LogP contribution in [-0.2, 0) is 6.42 Å². The average Bonchev–Trinajstić information content (AvgIpc) is 3.48. The van der Waals surface area contributed by atoms with E-state index < -0.39 is 6.10 Å².